The maximum absolute atomic E-state index is 12.9. The van der Waals surface area contributed by atoms with Crippen molar-refractivity contribution in [3.63, 3.8) is 0 Å². The van der Waals surface area contributed by atoms with Gasteiger partial charge in [0, 0.05) is 37.4 Å². The summed E-state index contributed by atoms with van der Waals surface area (Å²) in [6.07, 6.45) is 4.55. The third kappa shape index (κ3) is 4.24. The highest BCUT2D eigenvalue weighted by Gasteiger charge is 2.24. The van der Waals surface area contributed by atoms with Gasteiger partial charge < -0.3 is 9.64 Å². The van der Waals surface area contributed by atoms with E-state index in [0.717, 1.165) is 5.39 Å². The van der Waals surface area contributed by atoms with Crippen LogP contribution in [0.3, 0.4) is 0 Å². The lowest BCUT2D eigenvalue weighted by molar-refractivity contribution is -0.129. The second-order valence-corrected chi connectivity index (χ2v) is 8.44. The van der Waals surface area contributed by atoms with Crippen molar-refractivity contribution < 1.29 is 14.3 Å². The molecule has 0 saturated heterocycles. The Morgan fingerprint density at radius 1 is 1.21 bits per heavy atom. The summed E-state index contributed by atoms with van der Waals surface area (Å²) in [6.45, 7) is 5.57. The van der Waals surface area contributed by atoms with Gasteiger partial charge in [-0.2, -0.15) is 5.10 Å². The fourth-order valence-electron chi connectivity index (χ4n) is 2.66. The van der Waals surface area contributed by atoms with E-state index in [1.54, 1.807) is 43.4 Å². The molecule has 0 unspecified atom stereocenters. The maximum atomic E-state index is 12.9. The number of ether oxygens (including phenoxy) is 1. The van der Waals surface area contributed by atoms with Crippen LogP contribution in [0.4, 0.5) is 4.79 Å². The molecule has 0 N–H and O–H groups in total. The summed E-state index contributed by atoms with van der Waals surface area (Å²) < 4.78 is 9.25. The number of pyridine rings is 1. The zero-order valence-electron chi connectivity index (χ0n) is 16.4. The summed E-state index contributed by atoms with van der Waals surface area (Å²) >= 11 is 3.35. The molecule has 0 atom stereocenters. The van der Waals surface area contributed by atoms with Crippen molar-refractivity contribution in [2.45, 2.75) is 32.9 Å². The van der Waals surface area contributed by atoms with Crippen molar-refractivity contribution in [3.05, 3.63) is 35.3 Å². The van der Waals surface area contributed by atoms with E-state index in [-0.39, 0.29) is 12.5 Å². The first-order chi connectivity index (χ1) is 13.0. The zero-order valence-corrected chi connectivity index (χ0v) is 18.0. The second-order valence-electron chi connectivity index (χ2n) is 7.63. The third-order valence-corrected chi connectivity index (χ3v) is 4.39. The van der Waals surface area contributed by atoms with Crippen LogP contribution >= 0.6 is 15.9 Å². The van der Waals surface area contributed by atoms with Gasteiger partial charge in [-0.15, -0.1) is 0 Å². The number of hydrogen-bond acceptors (Lipinski definition) is 5. The molecule has 0 radical (unpaired) electrons. The van der Waals surface area contributed by atoms with E-state index in [1.165, 1.54) is 9.47 Å². The number of carbonyl (C=O) groups excluding carboxylic acids is 2. The summed E-state index contributed by atoms with van der Waals surface area (Å²) in [4.78, 5) is 30.6. The van der Waals surface area contributed by atoms with Gasteiger partial charge in [0.1, 0.15) is 16.7 Å². The van der Waals surface area contributed by atoms with Gasteiger partial charge in [-0.1, -0.05) is 0 Å². The molecule has 0 bridgehead atoms. The Morgan fingerprint density at radius 3 is 2.57 bits per heavy atom. The SMILES string of the molecule is CN(C)C(=O)Cn1cc(-c2cc3cnc(Br)cc3n2C(=O)OC(C)(C)C)cn1. The van der Waals surface area contributed by atoms with E-state index in [4.69, 9.17) is 4.74 Å². The third-order valence-electron chi connectivity index (χ3n) is 3.95. The number of halogens is 1. The molecule has 3 rings (SSSR count). The van der Waals surface area contributed by atoms with Crippen molar-refractivity contribution in [2.75, 3.05) is 14.1 Å². The van der Waals surface area contributed by atoms with Gasteiger partial charge in [0.25, 0.3) is 0 Å². The number of hydrogen-bond donors (Lipinski definition) is 0. The number of amides is 1. The molecule has 9 heteroatoms. The zero-order chi connectivity index (χ0) is 20.6. The summed E-state index contributed by atoms with van der Waals surface area (Å²) in [5, 5.41) is 5.05. The van der Waals surface area contributed by atoms with E-state index in [9.17, 15) is 9.59 Å². The van der Waals surface area contributed by atoms with E-state index < -0.39 is 11.7 Å². The molecule has 8 nitrogen and oxygen atoms in total. The predicted molar refractivity (Wildman–Crippen MR) is 109 cm³/mol. The van der Waals surface area contributed by atoms with Crippen LogP contribution in [0.2, 0.25) is 0 Å². The Balaban J connectivity index is 2.08. The van der Waals surface area contributed by atoms with Crippen LogP contribution in [0.25, 0.3) is 22.2 Å². The van der Waals surface area contributed by atoms with Gasteiger partial charge in [0.15, 0.2) is 0 Å². The van der Waals surface area contributed by atoms with Crippen LogP contribution in [0.5, 0.6) is 0 Å². The average Bonchev–Trinajstić information content (AvgIpc) is 3.16. The fourth-order valence-corrected chi connectivity index (χ4v) is 2.98. The lowest BCUT2D eigenvalue weighted by Crippen LogP contribution is -2.27. The van der Waals surface area contributed by atoms with Crippen LogP contribution in [0.15, 0.2) is 35.3 Å². The standard InChI is InChI=1S/C19H22BrN5O3/c1-19(2,3)28-18(27)25-14(6-12-8-21-16(20)7-15(12)25)13-9-22-24(10-13)11-17(26)23(4)5/h6-10H,11H2,1-5H3. The van der Waals surface area contributed by atoms with Gasteiger partial charge >= 0.3 is 6.09 Å². The molecule has 0 spiro atoms. The highest BCUT2D eigenvalue weighted by Crippen LogP contribution is 2.30. The van der Waals surface area contributed by atoms with Gasteiger partial charge in [-0.25, -0.2) is 14.3 Å². The molecule has 0 aromatic carbocycles. The van der Waals surface area contributed by atoms with Gasteiger partial charge in [-0.3, -0.25) is 9.48 Å². The Kier molecular flexibility index (Phi) is 5.29. The van der Waals surface area contributed by atoms with Crippen LogP contribution in [-0.2, 0) is 16.1 Å². The minimum Gasteiger partial charge on any atom is -0.443 e. The summed E-state index contributed by atoms with van der Waals surface area (Å²) in [5.74, 6) is -0.0736. The molecule has 0 aliphatic heterocycles. The van der Waals surface area contributed by atoms with E-state index in [2.05, 4.69) is 26.0 Å². The highest BCUT2D eigenvalue weighted by atomic mass is 79.9. The average molecular weight is 448 g/mol. The first kappa shape index (κ1) is 20.1. The van der Waals surface area contributed by atoms with Crippen LogP contribution in [0, 0.1) is 0 Å². The van der Waals surface area contributed by atoms with Crippen molar-refractivity contribution in [1.82, 2.24) is 24.2 Å². The molecule has 3 heterocycles. The number of aromatic nitrogens is 4. The monoisotopic (exact) mass is 447 g/mol. The normalized spacial score (nSPS) is 11.6. The maximum Gasteiger partial charge on any atom is 0.419 e. The first-order valence-corrected chi connectivity index (χ1v) is 9.48. The largest absolute Gasteiger partial charge is 0.443 e. The number of nitrogens with zero attached hydrogens (tertiary/aromatic N) is 5. The second kappa shape index (κ2) is 7.38. The number of carbonyl (C=O) groups is 2. The molecular weight excluding hydrogens is 426 g/mol. The molecule has 0 saturated carbocycles. The van der Waals surface area contributed by atoms with Gasteiger partial charge in [-0.05, 0) is 48.8 Å². The van der Waals surface area contributed by atoms with Crippen LogP contribution in [0.1, 0.15) is 20.8 Å². The minimum atomic E-state index is -0.641. The van der Waals surface area contributed by atoms with E-state index in [0.29, 0.717) is 21.4 Å². The predicted octanol–water partition coefficient (Wildman–Crippen LogP) is 3.53. The van der Waals surface area contributed by atoms with Crippen molar-refractivity contribution in [2.24, 2.45) is 0 Å². The Bertz CT molecular complexity index is 1050. The molecule has 0 fully saturated rings. The van der Waals surface area contributed by atoms with Crippen LogP contribution in [-0.4, -0.2) is 55.9 Å². The molecular formula is C19H22BrN5O3. The van der Waals surface area contributed by atoms with Crippen molar-refractivity contribution in [3.8, 4) is 11.3 Å². The summed E-state index contributed by atoms with van der Waals surface area (Å²) in [7, 11) is 3.38. The van der Waals surface area contributed by atoms with Crippen LogP contribution < -0.4 is 0 Å². The van der Waals surface area contributed by atoms with E-state index in [1.807, 2.05) is 26.8 Å². The molecule has 0 aliphatic rings. The molecule has 3 aromatic heterocycles. The number of rotatable bonds is 3. The summed E-state index contributed by atoms with van der Waals surface area (Å²) in [6, 6.07) is 3.62. The Morgan fingerprint density at radius 2 is 1.93 bits per heavy atom. The molecule has 1 amide bonds. The Labute approximate surface area is 171 Å². The first-order valence-electron chi connectivity index (χ1n) is 8.68. The van der Waals surface area contributed by atoms with E-state index >= 15 is 0 Å². The number of fused-ring (bicyclic) bond motifs is 1. The molecule has 148 valence electrons. The molecule has 0 aliphatic carbocycles. The fraction of sp³-hybridized carbons (Fsp3) is 0.368. The molecule has 3 aromatic rings. The lowest BCUT2D eigenvalue weighted by Gasteiger charge is -2.20. The van der Waals surface area contributed by atoms with Gasteiger partial charge in [0.05, 0.1) is 17.4 Å². The van der Waals surface area contributed by atoms with Crippen molar-refractivity contribution in [1.29, 1.82) is 0 Å². The van der Waals surface area contributed by atoms with Crippen molar-refractivity contribution >= 4 is 38.8 Å². The topological polar surface area (TPSA) is 82.2 Å². The quantitative estimate of drug-likeness (QED) is 0.573. The highest BCUT2D eigenvalue weighted by molar-refractivity contribution is 9.10. The molecule has 28 heavy (non-hydrogen) atoms. The minimum absolute atomic E-state index is 0.0736. The summed E-state index contributed by atoms with van der Waals surface area (Å²) in [5.41, 5.74) is 1.35. The number of likely N-dealkylation sites (N-methyl/N-ethyl adjacent to an activating group) is 1. The Hall–Kier alpha value is -2.68. The van der Waals surface area contributed by atoms with Gasteiger partial charge in [0.2, 0.25) is 5.91 Å². The lowest BCUT2D eigenvalue weighted by atomic mass is 10.2. The smallest absolute Gasteiger partial charge is 0.419 e.